The second kappa shape index (κ2) is 15.7. The smallest absolute Gasteiger partial charge is 0.265 e. The average molecular weight is 687 g/mol. The van der Waals surface area contributed by atoms with Crippen LogP contribution in [0.2, 0.25) is 25.7 Å². The maximum Gasteiger partial charge on any atom is 0.265 e. The SMILES string of the molecule is C[Si](C)(C)CCOCn1cc(OCc2ccccc2)c(=O)c(-c2nccn2CC(CS(=O)(=O)O)C(c2ccccc2)c2ccccc2)n1. The van der Waals surface area contributed by atoms with Crippen LogP contribution in [0.4, 0.5) is 0 Å². The van der Waals surface area contributed by atoms with Gasteiger partial charge in [-0.3, -0.25) is 9.35 Å². The van der Waals surface area contributed by atoms with Crippen molar-refractivity contribution in [2.24, 2.45) is 5.92 Å². The van der Waals surface area contributed by atoms with Crippen molar-refractivity contribution < 1.29 is 22.4 Å². The fraction of sp³-hybridized carbons (Fsp3) is 0.306. The number of ether oxygens (including phenoxy) is 2. The zero-order valence-electron chi connectivity index (χ0n) is 27.5. The van der Waals surface area contributed by atoms with E-state index in [0.29, 0.717) is 6.61 Å². The van der Waals surface area contributed by atoms with Gasteiger partial charge in [0.1, 0.15) is 13.3 Å². The zero-order chi connectivity index (χ0) is 34.1. The molecule has 3 aromatic carbocycles. The molecule has 1 atom stereocenters. The lowest BCUT2D eigenvalue weighted by molar-refractivity contribution is 0.0766. The van der Waals surface area contributed by atoms with Crippen molar-refractivity contribution in [3.63, 3.8) is 0 Å². The Hall–Kier alpha value is -4.36. The number of rotatable bonds is 16. The van der Waals surface area contributed by atoms with Crippen LogP contribution in [-0.4, -0.2) is 52.7 Å². The van der Waals surface area contributed by atoms with Crippen LogP contribution in [-0.2, 0) is 34.7 Å². The van der Waals surface area contributed by atoms with Gasteiger partial charge in [0.15, 0.2) is 17.3 Å². The van der Waals surface area contributed by atoms with Gasteiger partial charge in [-0.15, -0.1) is 0 Å². The summed E-state index contributed by atoms with van der Waals surface area (Å²) in [5, 5.41) is 4.63. The fourth-order valence-electron chi connectivity index (χ4n) is 5.61. The van der Waals surface area contributed by atoms with Crippen molar-refractivity contribution >= 4 is 18.2 Å². The van der Waals surface area contributed by atoms with Gasteiger partial charge in [-0.25, -0.2) is 9.67 Å². The average Bonchev–Trinajstić information content (AvgIpc) is 3.51. The molecule has 0 radical (unpaired) electrons. The van der Waals surface area contributed by atoms with E-state index in [-0.39, 0.29) is 37.2 Å². The fourth-order valence-corrected chi connectivity index (χ4v) is 7.20. The zero-order valence-corrected chi connectivity index (χ0v) is 29.3. The quantitative estimate of drug-likeness (QED) is 0.0725. The van der Waals surface area contributed by atoms with E-state index >= 15 is 0 Å². The lowest BCUT2D eigenvalue weighted by atomic mass is 9.81. The maximum atomic E-state index is 13.9. The van der Waals surface area contributed by atoms with Gasteiger partial charge in [0.05, 0.1) is 11.9 Å². The van der Waals surface area contributed by atoms with Crippen LogP contribution in [0.3, 0.4) is 0 Å². The highest BCUT2D eigenvalue weighted by atomic mass is 32.2. The van der Waals surface area contributed by atoms with Crippen molar-refractivity contribution in [2.75, 3.05) is 12.4 Å². The Bertz CT molecular complexity index is 1890. The first-order valence-electron chi connectivity index (χ1n) is 15.9. The normalized spacial score (nSPS) is 12.7. The molecule has 0 spiro atoms. The minimum Gasteiger partial charge on any atom is -0.483 e. The molecule has 0 saturated carbocycles. The Morgan fingerprint density at radius 3 is 2.08 bits per heavy atom. The molecule has 0 aliphatic rings. The van der Waals surface area contributed by atoms with E-state index in [0.717, 1.165) is 22.7 Å². The van der Waals surface area contributed by atoms with Crippen molar-refractivity contribution in [3.05, 3.63) is 136 Å². The van der Waals surface area contributed by atoms with Gasteiger partial charge >= 0.3 is 0 Å². The molecule has 1 unspecified atom stereocenters. The molecule has 5 aromatic rings. The minimum atomic E-state index is -4.39. The summed E-state index contributed by atoms with van der Waals surface area (Å²) in [6.45, 7) is 7.79. The van der Waals surface area contributed by atoms with Gasteiger partial charge in [0.2, 0.25) is 0 Å². The number of benzene rings is 3. The molecular formula is C36H42N4O6SSi. The Labute approximate surface area is 282 Å². The highest BCUT2D eigenvalue weighted by molar-refractivity contribution is 7.85. The largest absolute Gasteiger partial charge is 0.483 e. The van der Waals surface area contributed by atoms with E-state index in [4.69, 9.17) is 9.47 Å². The highest BCUT2D eigenvalue weighted by Gasteiger charge is 2.31. The van der Waals surface area contributed by atoms with Gasteiger partial charge in [0, 0.05) is 45.5 Å². The summed E-state index contributed by atoms with van der Waals surface area (Å²) in [5.41, 5.74) is 2.28. The van der Waals surface area contributed by atoms with Crippen molar-refractivity contribution in [3.8, 4) is 17.3 Å². The molecule has 0 amide bonds. The molecule has 1 N–H and O–H groups in total. The Morgan fingerprint density at radius 2 is 1.50 bits per heavy atom. The molecule has 0 bridgehead atoms. The number of hydrogen-bond acceptors (Lipinski definition) is 7. The summed E-state index contributed by atoms with van der Waals surface area (Å²) in [4.78, 5) is 18.4. The van der Waals surface area contributed by atoms with Crippen LogP contribution in [0.5, 0.6) is 5.75 Å². The van der Waals surface area contributed by atoms with Crippen LogP contribution in [0.15, 0.2) is 114 Å². The Morgan fingerprint density at radius 1 is 0.896 bits per heavy atom. The molecule has 252 valence electrons. The molecule has 2 heterocycles. The van der Waals surface area contributed by atoms with Crippen molar-refractivity contribution in [1.82, 2.24) is 19.3 Å². The second-order valence-corrected chi connectivity index (χ2v) is 20.2. The van der Waals surface area contributed by atoms with E-state index in [2.05, 4.69) is 29.7 Å². The molecule has 0 fully saturated rings. The first-order valence-corrected chi connectivity index (χ1v) is 21.2. The van der Waals surface area contributed by atoms with E-state index < -0.39 is 41.2 Å². The minimum absolute atomic E-state index is 0.0425. The van der Waals surface area contributed by atoms with E-state index in [1.807, 2.05) is 91.0 Å². The first kappa shape index (κ1) is 35.0. The molecule has 0 saturated heterocycles. The Balaban J connectivity index is 1.53. The maximum absolute atomic E-state index is 13.9. The third-order valence-electron chi connectivity index (χ3n) is 7.96. The number of nitrogens with zero attached hydrogens (tertiary/aromatic N) is 4. The van der Waals surface area contributed by atoms with E-state index in [1.165, 1.54) is 4.68 Å². The molecular weight excluding hydrogens is 645 g/mol. The summed E-state index contributed by atoms with van der Waals surface area (Å²) in [6.07, 6.45) is 4.78. The summed E-state index contributed by atoms with van der Waals surface area (Å²) < 4.78 is 50.3. The lowest BCUT2D eigenvalue weighted by Gasteiger charge is -2.28. The van der Waals surface area contributed by atoms with Crippen LogP contribution in [0.1, 0.15) is 22.6 Å². The molecule has 48 heavy (non-hydrogen) atoms. The van der Waals surface area contributed by atoms with Crippen LogP contribution >= 0.6 is 0 Å². The predicted molar refractivity (Wildman–Crippen MR) is 189 cm³/mol. The third kappa shape index (κ3) is 9.83. The number of imidazole rings is 1. The van der Waals surface area contributed by atoms with Crippen molar-refractivity contribution in [1.29, 1.82) is 0 Å². The summed E-state index contributed by atoms with van der Waals surface area (Å²) in [6, 6.07) is 29.7. The molecule has 2 aromatic heterocycles. The van der Waals surface area contributed by atoms with Gasteiger partial charge in [0.25, 0.3) is 15.5 Å². The van der Waals surface area contributed by atoms with Crippen LogP contribution in [0, 0.1) is 5.92 Å². The summed E-state index contributed by atoms with van der Waals surface area (Å²) in [7, 11) is -5.71. The molecule has 0 aliphatic carbocycles. The predicted octanol–water partition coefficient (Wildman–Crippen LogP) is 6.33. The highest BCUT2D eigenvalue weighted by Crippen LogP contribution is 2.35. The van der Waals surface area contributed by atoms with E-state index in [1.54, 1.807) is 23.2 Å². The molecule has 0 aliphatic heterocycles. The molecule has 12 heteroatoms. The van der Waals surface area contributed by atoms with Crippen molar-refractivity contribution in [2.45, 2.75) is 51.5 Å². The molecule has 10 nitrogen and oxygen atoms in total. The van der Waals surface area contributed by atoms with Gasteiger partial charge in [-0.1, -0.05) is 111 Å². The monoisotopic (exact) mass is 686 g/mol. The van der Waals surface area contributed by atoms with Gasteiger partial charge < -0.3 is 14.0 Å². The molecule has 5 rings (SSSR count). The van der Waals surface area contributed by atoms with Gasteiger partial charge in [-0.05, 0) is 22.7 Å². The standard InChI is InChI=1S/C36H42N4O6SSi/c1-48(2,3)22-21-45-27-40-24-32(46-25-28-13-7-4-8-14-28)35(41)34(38-40)36-37-19-20-39(36)23-31(26-47(42,43)44)33(29-15-9-5-10-16-29)30-17-11-6-12-18-30/h4-20,24,31,33H,21-23,25-27H2,1-3H3,(H,42,43,44). The first-order chi connectivity index (χ1) is 23.0. The van der Waals surface area contributed by atoms with Crippen LogP contribution < -0.4 is 10.2 Å². The van der Waals surface area contributed by atoms with Gasteiger partial charge in [-0.2, -0.15) is 13.5 Å². The number of aromatic nitrogens is 4. The second-order valence-electron chi connectivity index (χ2n) is 13.0. The summed E-state index contributed by atoms with van der Waals surface area (Å²) >= 11 is 0. The number of hydrogen-bond donors (Lipinski definition) is 1. The van der Waals surface area contributed by atoms with Crippen LogP contribution in [0.25, 0.3) is 11.5 Å². The third-order valence-corrected chi connectivity index (χ3v) is 10.5. The Kier molecular flexibility index (Phi) is 11.4. The summed E-state index contributed by atoms with van der Waals surface area (Å²) in [5.74, 6) is -1.20. The topological polar surface area (TPSA) is 126 Å². The van der Waals surface area contributed by atoms with E-state index in [9.17, 15) is 17.8 Å². The lowest BCUT2D eigenvalue weighted by Crippen LogP contribution is -2.28.